The topological polar surface area (TPSA) is 283 Å². The number of carboxylic acids is 4. The van der Waals surface area contributed by atoms with E-state index in [1.54, 1.807) is 13.8 Å². The Bertz CT molecular complexity index is 1040. The van der Waals surface area contributed by atoms with Crippen molar-refractivity contribution in [3.8, 4) is 0 Å². The number of aliphatic carboxylic acids is 4. The van der Waals surface area contributed by atoms with E-state index in [1.807, 2.05) is 0 Å². The highest BCUT2D eigenvalue weighted by molar-refractivity contribution is 5.88. The van der Waals surface area contributed by atoms with Gasteiger partial charge in [0.05, 0.1) is 0 Å². The molecule has 0 aromatic rings. The minimum absolute atomic E-state index is 0.0950. The van der Waals surface area contributed by atoms with Crippen molar-refractivity contribution < 1.29 is 63.6 Å². The van der Waals surface area contributed by atoms with E-state index in [9.17, 15) is 58.5 Å². The summed E-state index contributed by atoms with van der Waals surface area (Å²) in [5.41, 5.74) is 0. The van der Waals surface area contributed by atoms with Gasteiger partial charge in [-0.2, -0.15) is 0 Å². The Morgan fingerprint density at radius 1 is 0.476 bits per heavy atom. The lowest BCUT2D eigenvalue weighted by molar-refractivity contribution is -0.144. The Morgan fingerprint density at radius 3 is 0.976 bits per heavy atom. The van der Waals surface area contributed by atoms with Gasteiger partial charge in [0, 0.05) is 31.6 Å². The van der Waals surface area contributed by atoms with Crippen LogP contribution in [0.25, 0.3) is 0 Å². The van der Waals surface area contributed by atoms with Crippen molar-refractivity contribution in [1.29, 1.82) is 0 Å². The summed E-state index contributed by atoms with van der Waals surface area (Å²) in [5, 5.41) is 45.8. The van der Waals surface area contributed by atoms with E-state index in [1.165, 1.54) is 6.92 Å². The maximum atomic E-state index is 12.3. The molecule has 0 aliphatic carbocycles. The van der Waals surface area contributed by atoms with Crippen LogP contribution in [0.3, 0.4) is 0 Å². The first-order valence-electron chi connectivity index (χ1n) is 13.0. The van der Waals surface area contributed by atoms with Gasteiger partial charge in [-0.05, 0) is 32.6 Å². The molecule has 0 spiro atoms. The second kappa shape index (κ2) is 18.7. The zero-order chi connectivity index (χ0) is 32.6. The van der Waals surface area contributed by atoms with Gasteiger partial charge in [0.1, 0.15) is 30.0 Å². The highest BCUT2D eigenvalue weighted by Crippen LogP contribution is 2.06. The molecule has 17 heteroatoms. The number of hydrogen-bond donors (Lipinski definition) is 8. The van der Waals surface area contributed by atoms with Crippen molar-refractivity contribution in [3.63, 3.8) is 0 Å². The summed E-state index contributed by atoms with van der Waals surface area (Å²) in [6.45, 7) is 4.34. The molecular formula is C25H38N4O13. The molecule has 0 aliphatic heterocycles. The van der Waals surface area contributed by atoms with E-state index in [4.69, 9.17) is 5.11 Å². The average Bonchev–Trinajstić information content (AvgIpc) is 2.87. The van der Waals surface area contributed by atoms with E-state index in [0.717, 1.165) is 0 Å². The Kier molecular flexibility index (Phi) is 16.7. The molecule has 0 saturated carbocycles. The molecule has 0 unspecified atom stereocenters. The molecule has 0 aliphatic rings. The summed E-state index contributed by atoms with van der Waals surface area (Å²) in [4.78, 5) is 105. The van der Waals surface area contributed by atoms with Crippen LogP contribution in [0.15, 0.2) is 0 Å². The van der Waals surface area contributed by atoms with Crippen LogP contribution in [0.1, 0.15) is 72.1 Å². The molecular weight excluding hydrogens is 564 g/mol. The van der Waals surface area contributed by atoms with Crippen molar-refractivity contribution in [2.75, 3.05) is 0 Å². The summed E-state index contributed by atoms with van der Waals surface area (Å²) in [6, 6.07) is -5.90. The minimum Gasteiger partial charge on any atom is -0.480 e. The largest absolute Gasteiger partial charge is 0.480 e. The molecule has 0 bridgehead atoms. The monoisotopic (exact) mass is 602 g/mol. The summed E-state index contributed by atoms with van der Waals surface area (Å²) in [5.74, 6) is -9.72. The van der Waals surface area contributed by atoms with Gasteiger partial charge >= 0.3 is 23.9 Å². The van der Waals surface area contributed by atoms with Gasteiger partial charge in [-0.25, -0.2) is 19.2 Å². The molecule has 4 atom stereocenters. The van der Waals surface area contributed by atoms with Gasteiger partial charge in [-0.1, -0.05) is 13.8 Å². The number of amides is 4. The lowest BCUT2D eigenvalue weighted by atomic mass is 10.1. The van der Waals surface area contributed by atoms with E-state index < -0.39 is 110 Å². The molecule has 4 amide bonds. The van der Waals surface area contributed by atoms with Crippen molar-refractivity contribution in [2.24, 2.45) is 5.92 Å². The third-order valence-corrected chi connectivity index (χ3v) is 5.80. The van der Waals surface area contributed by atoms with Crippen LogP contribution < -0.4 is 21.3 Å². The van der Waals surface area contributed by atoms with Crippen LogP contribution in [0, 0.1) is 5.92 Å². The highest BCUT2D eigenvalue weighted by Gasteiger charge is 2.27. The molecule has 8 N–H and O–H groups in total. The number of carbonyl (C=O) groups excluding carboxylic acids is 5. The van der Waals surface area contributed by atoms with E-state index in [2.05, 4.69) is 21.3 Å². The van der Waals surface area contributed by atoms with Gasteiger partial charge in [0.2, 0.25) is 23.6 Å². The summed E-state index contributed by atoms with van der Waals surface area (Å²) >= 11 is 0. The molecule has 0 rings (SSSR count). The van der Waals surface area contributed by atoms with Crippen molar-refractivity contribution in [1.82, 2.24) is 21.3 Å². The van der Waals surface area contributed by atoms with Crippen LogP contribution in [0.4, 0.5) is 0 Å². The summed E-state index contributed by atoms with van der Waals surface area (Å²) < 4.78 is 0. The second-order valence-electron chi connectivity index (χ2n) is 9.79. The van der Waals surface area contributed by atoms with Crippen molar-refractivity contribution in [2.45, 2.75) is 96.3 Å². The van der Waals surface area contributed by atoms with Crippen LogP contribution in [0.2, 0.25) is 0 Å². The van der Waals surface area contributed by atoms with Crippen LogP contribution in [0.5, 0.6) is 0 Å². The quantitative estimate of drug-likeness (QED) is 0.0753. The number of hydrogen-bond acceptors (Lipinski definition) is 9. The number of rotatable bonds is 21. The average molecular weight is 603 g/mol. The maximum absolute atomic E-state index is 12.3. The SMILES string of the molecule is CC(=O)CC[C@H](NC(=O)CC[C@H](NC(=O)CC[C@H](NC(=O)CC[C@H](NC(=O)C(C)C)C(=O)O)C(=O)O)C(=O)O)C(=O)O. The lowest BCUT2D eigenvalue weighted by Crippen LogP contribution is -2.46. The fourth-order valence-corrected chi connectivity index (χ4v) is 3.34. The third kappa shape index (κ3) is 15.9. The first-order chi connectivity index (χ1) is 19.4. The number of carboxylic acid groups (broad SMARTS) is 4. The predicted molar refractivity (Wildman–Crippen MR) is 141 cm³/mol. The number of Topliss-reactive ketones (excluding diaryl/α,β-unsaturated/α-hetero) is 1. The Hall–Kier alpha value is -4.57. The molecule has 0 saturated heterocycles. The van der Waals surface area contributed by atoms with E-state index >= 15 is 0 Å². The Balaban J connectivity index is 4.91. The second-order valence-corrected chi connectivity index (χ2v) is 9.79. The summed E-state index contributed by atoms with van der Waals surface area (Å²) in [7, 11) is 0. The maximum Gasteiger partial charge on any atom is 0.326 e. The molecule has 0 aromatic carbocycles. The van der Waals surface area contributed by atoms with Gasteiger partial charge in [-0.3, -0.25) is 19.2 Å². The molecule has 0 radical (unpaired) electrons. The zero-order valence-electron chi connectivity index (χ0n) is 23.5. The van der Waals surface area contributed by atoms with Crippen LogP contribution in [-0.4, -0.2) is 97.9 Å². The normalized spacial score (nSPS) is 13.5. The first kappa shape index (κ1) is 37.4. The number of ketones is 1. The molecule has 236 valence electrons. The standard InChI is InChI=1S/C25H38N4O13/c1-12(2)21(34)29-17(25(41)42)8-11-20(33)28-16(24(39)40)7-10-19(32)27-15(23(37)38)6-9-18(31)26-14(22(35)36)5-4-13(3)30/h12,14-17H,4-11H2,1-3H3,(H,26,31)(H,27,32)(H,28,33)(H,29,34)(H,35,36)(H,37,38)(H,39,40)(H,41,42)/t14-,15-,16-,17-/m0/s1. The van der Waals surface area contributed by atoms with E-state index in [0.29, 0.717) is 0 Å². The Morgan fingerprint density at radius 2 is 0.738 bits per heavy atom. The molecule has 42 heavy (non-hydrogen) atoms. The lowest BCUT2D eigenvalue weighted by Gasteiger charge is -2.18. The van der Waals surface area contributed by atoms with E-state index in [-0.39, 0.29) is 25.0 Å². The zero-order valence-corrected chi connectivity index (χ0v) is 23.5. The molecule has 0 aromatic heterocycles. The van der Waals surface area contributed by atoms with Crippen molar-refractivity contribution >= 4 is 53.3 Å². The van der Waals surface area contributed by atoms with Crippen LogP contribution >= 0.6 is 0 Å². The smallest absolute Gasteiger partial charge is 0.326 e. The summed E-state index contributed by atoms with van der Waals surface area (Å²) in [6.07, 6.45) is -2.94. The van der Waals surface area contributed by atoms with Crippen molar-refractivity contribution in [3.05, 3.63) is 0 Å². The van der Waals surface area contributed by atoms with Gasteiger partial charge in [0.25, 0.3) is 0 Å². The molecule has 0 fully saturated rings. The fourth-order valence-electron chi connectivity index (χ4n) is 3.34. The molecule has 0 heterocycles. The third-order valence-electron chi connectivity index (χ3n) is 5.80. The number of carbonyl (C=O) groups is 9. The van der Waals surface area contributed by atoms with Crippen LogP contribution in [-0.2, 0) is 43.2 Å². The Labute approximate surface area is 240 Å². The first-order valence-corrected chi connectivity index (χ1v) is 13.0. The fraction of sp³-hybridized carbons (Fsp3) is 0.640. The number of nitrogens with one attached hydrogen (secondary N) is 4. The van der Waals surface area contributed by atoms with Gasteiger partial charge < -0.3 is 46.5 Å². The molecule has 17 nitrogen and oxygen atoms in total. The predicted octanol–water partition coefficient (Wildman–Crippen LogP) is -1.37. The highest BCUT2D eigenvalue weighted by atomic mass is 16.4. The van der Waals surface area contributed by atoms with Gasteiger partial charge in [0.15, 0.2) is 0 Å². The minimum atomic E-state index is -1.58. The van der Waals surface area contributed by atoms with Gasteiger partial charge in [-0.15, -0.1) is 0 Å².